The number of fused-ring (bicyclic) bond motifs is 1. The molecule has 2 aromatic rings. The third-order valence-corrected chi connectivity index (χ3v) is 6.69. The standard InChI is InChI=1S/C25H29ClN4O5/c1-34-23(31)12-16-2-7-21(8-3-16)35-25(33)30-11-10-17-13-19(5-4-18(17)15-30)28-24(32)29-20-6-9-22(26)27-14-20/h4-6,9,13-14,16,21H,2-3,7-8,10-12,15H2,1H3,(H2,28,29,32)/t16-,21-. The lowest BCUT2D eigenvalue weighted by Crippen LogP contribution is -2.39. The van der Waals surface area contributed by atoms with Gasteiger partial charge in [-0.1, -0.05) is 17.7 Å². The number of carbonyl (C=O) groups is 3. The van der Waals surface area contributed by atoms with E-state index in [2.05, 4.69) is 15.6 Å². The van der Waals surface area contributed by atoms with Crippen molar-refractivity contribution in [2.45, 2.75) is 51.2 Å². The van der Waals surface area contributed by atoms with E-state index in [-0.39, 0.29) is 24.2 Å². The van der Waals surface area contributed by atoms with Crippen LogP contribution in [0.25, 0.3) is 0 Å². The Balaban J connectivity index is 1.25. The van der Waals surface area contributed by atoms with Crippen LogP contribution in [0.2, 0.25) is 5.15 Å². The summed E-state index contributed by atoms with van der Waals surface area (Å²) in [7, 11) is 1.40. The fraction of sp³-hybridized carbons (Fsp3) is 0.440. The van der Waals surface area contributed by atoms with Crippen molar-refractivity contribution in [1.29, 1.82) is 0 Å². The number of esters is 1. The van der Waals surface area contributed by atoms with Gasteiger partial charge in [-0.3, -0.25) is 4.79 Å². The van der Waals surface area contributed by atoms with Crippen LogP contribution >= 0.6 is 11.6 Å². The fourth-order valence-corrected chi connectivity index (χ4v) is 4.63. The van der Waals surface area contributed by atoms with Crippen molar-refractivity contribution in [1.82, 2.24) is 9.88 Å². The van der Waals surface area contributed by atoms with Gasteiger partial charge in [-0.15, -0.1) is 0 Å². The largest absolute Gasteiger partial charge is 0.469 e. The van der Waals surface area contributed by atoms with E-state index in [0.717, 1.165) is 36.8 Å². The third kappa shape index (κ3) is 6.85. The van der Waals surface area contributed by atoms with Crippen LogP contribution in [-0.4, -0.2) is 47.7 Å². The molecule has 2 heterocycles. The Morgan fingerprint density at radius 1 is 1.06 bits per heavy atom. The summed E-state index contributed by atoms with van der Waals surface area (Å²) in [4.78, 5) is 42.1. The number of urea groups is 1. The number of aromatic nitrogens is 1. The molecule has 186 valence electrons. The number of benzene rings is 1. The number of pyridine rings is 1. The Morgan fingerprint density at radius 2 is 1.80 bits per heavy atom. The normalized spacial score (nSPS) is 19.3. The molecule has 2 aliphatic rings. The minimum atomic E-state index is -0.378. The highest BCUT2D eigenvalue weighted by atomic mass is 35.5. The van der Waals surface area contributed by atoms with E-state index in [1.807, 2.05) is 18.2 Å². The van der Waals surface area contributed by atoms with Crippen LogP contribution in [0, 0.1) is 5.92 Å². The molecule has 0 atom stereocenters. The highest BCUT2D eigenvalue weighted by molar-refractivity contribution is 6.29. The predicted octanol–water partition coefficient (Wildman–Crippen LogP) is 5.00. The van der Waals surface area contributed by atoms with Gasteiger partial charge >= 0.3 is 18.1 Å². The smallest absolute Gasteiger partial charge is 0.410 e. The minimum Gasteiger partial charge on any atom is -0.469 e. The van der Waals surface area contributed by atoms with Gasteiger partial charge in [0.25, 0.3) is 0 Å². The molecule has 0 spiro atoms. The van der Waals surface area contributed by atoms with Crippen LogP contribution in [0.5, 0.6) is 0 Å². The molecule has 4 rings (SSSR count). The molecule has 0 unspecified atom stereocenters. The molecule has 0 saturated heterocycles. The molecule has 1 aliphatic heterocycles. The predicted molar refractivity (Wildman–Crippen MR) is 131 cm³/mol. The number of anilines is 2. The van der Waals surface area contributed by atoms with Gasteiger partial charge in [-0.05, 0) is 73.4 Å². The van der Waals surface area contributed by atoms with Gasteiger partial charge in [0.05, 0.1) is 19.0 Å². The van der Waals surface area contributed by atoms with Gasteiger partial charge in [0.2, 0.25) is 0 Å². The third-order valence-electron chi connectivity index (χ3n) is 6.46. The van der Waals surface area contributed by atoms with Gasteiger partial charge in [-0.25, -0.2) is 14.6 Å². The molecule has 1 aromatic heterocycles. The number of nitrogens with zero attached hydrogens (tertiary/aromatic N) is 2. The van der Waals surface area contributed by atoms with E-state index in [0.29, 0.717) is 48.4 Å². The van der Waals surface area contributed by atoms with Crippen molar-refractivity contribution in [2.24, 2.45) is 5.92 Å². The molecule has 2 N–H and O–H groups in total. The van der Waals surface area contributed by atoms with Crippen molar-refractivity contribution in [2.75, 3.05) is 24.3 Å². The second-order valence-corrected chi connectivity index (χ2v) is 9.30. The number of hydrogen-bond acceptors (Lipinski definition) is 6. The summed E-state index contributed by atoms with van der Waals surface area (Å²) in [5.74, 6) is 0.113. The van der Waals surface area contributed by atoms with Crippen LogP contribution in [-0.2, 0) is 27.2 Å². The van der Waals surface area contributed by atoms with Crippen LogP contribution in [0.4, 0.5) is 21.0 Å². The molecule has 1 aliphatic carbocycles. The topological polar surface area (TPSA) is 110 Å². The van der Waals surface area contributed by atoms with Crippen LogP contribution < -0.4 is 10.6 Å². The van der Waals surface area contributed by atoms with Crippen molar-refractivity contribution >= 4 is 41.1 Å². The number of methoxy groups -OCH3 is 1. The molecule has 9 nitrogen and oxygen atoms in total. The molecule has 10 heteroatoms. The van der Waals surface area contributed by atoms with Crippen LogP contribution in [0.1, 0.15) is 43.2 Å². The molecule has 0 bridgehead atoms. The Hall–Kier alpha value is -3.33. The Kier molecular flexibility index (Phi) is 8.07. The van der Waals surface area contributed by atoms with Gasteiger partial charge < -0.3 is 25.0 Å². The lowest BCUT2D eigenvalue weighted by molar-refractivity contribution is -0.142. The second kappa shape index (κ2) is 11.4. The maximum absolute atomic E-state index is 12.7. The van der Waals surface area contributed by atoms with Crippen molar-refractivity contribution in [3.05, 3.63) is 52.8 Å². The Bertz CT molecular complexity index is 1070. The number of hydrogen-bond donors (Lipinski definition) is 2. The van der Waals surface area contributed by atoms with Crippen molar-refractivity contribution < 1.29 is 23.9 Å². The quantitative estimate of drug-likeness (QED) is 0.442. The van der Waals surface area contributed by atoms with Crippen molar-refractivity contribution in [3.63, 3.8) is 0 Å². The first kappa shape index (κ1) is 24.8. The summed E-state index contributed by atoms with van der Waals surface area (Å²) in [6.45, 7) is 1.02. The average molecular weight is 501 g/mol. The first-order chi connectivity index (χ1) is 16.9. The SMILES string of the molecule is COC(=O)C[C@H]1CC[C@H](OC(=O)N2CCc3cc(NC(=O)Nc4ccc(Cl)nc4)ccc3C2)CC1. The van der Waals surface area contributed by atoms with Gasteiger partial charge in [0, 0.05) is 25.2 Å². The zero-order valence-electron chi connectivity index (χ0n) is 19.6. The van der Waals surface area contributed by atoms with E-state index >= 15 is 0 Å². The summed E-state index contributed by atoms with van der Waals surface area (Å²) in [5, 5.41) is 5.88. The molecule has 1 saturated carbocycles. The van der Waals surface area contributed by atoms with Crippen LogP contribution in [0.3, 0.4) is 0 Å². The number of carbonyl (C=O) groups excluding carboxylic acids is 3. The van der Waals surface area contributed by atoms with Crippen molar-refractivity contribution in [3.8, 4) is 0 Å². The maximum Gasteiger partial charge on any atom is 0.410 e. The summed E-state index contributed by atoms with van der Waals surface area (Å²) < 4.78 is 10.5. The summed E-state index contributed by atoms with van der Waals surface area (Å²) >= 11 is 5.76. The Morgan fingerprint density at radius 3 is 2.51 bits per heavy atom. The number of amides is 3. The molecule has 35 heavy (non-hydrogen) atoms. The number of halogens is 1. The van der Waals surface area contributed by atoms with Gasteiger partial charge in [0.1, 0.15) is 11.3 Å². The molecule has 3 amide bonds. The van der Waals surface area contributed by atoms with Gasteiger partial charge in [0.15, 0.2) is 0 Å². The van der Waals surface area contributed by atoms with E-state index in [9.17, 15) is 14.4 Å². The summed E-state index contributed by atoms with van der Waals surface area (Å²) in [5.41, 5.74) is 3.32. The van der Waals surface area contributed by atoms with E-state index in [4.69, 9.17) is 21.1 Å². The minimum absolute atomic E-state index is 0.112. The molecular weight excluding hydrogens is 472 g/mol. The van der Waals surface area contributed by atoms with Gasteiger partial charge in [-0.2, -0.15) is 0 Å². The lowest BCUT2D eigenvalue weighted by atomic mass is 9.85. The highest BCUT2D eigenvalue weighted by Gasteiger charge is 2.29. The van der Waals surface area contributed by atoms with E-state index < -0.39 is 0 Å². The monoisotopic (exact) mass is 500 g/mol. The molecule has 1 fully saturated rings. The first-order valence-electron chi connectivity index (χ1n) is 11.7. The highest BCUT2D eigenvalue weighted by Crippen LogP contribution is 2.30. The maximum atomic E-state index is 12.7. The molecule has 0 radical (unpaired) electrons. The van der Waals surface area contributed by atoms with E-state index in [1.165, 1.54) is 13.3 Å². The van der Waals surface area contributed by atoms with Crippen LogP contribution in [0.15, 0.2) is 36.5 Å². The molecular formula is C25H29ClN4O5. The Labute approximate surface area is 209 Å². The lowest BCUT2D eigenvalue weighted by Gasteiger charge is -2.32. The zero-order valence-corrected chi connectivity index (χ0v) is 20.3. The summed E-state index contributed by atoms with van der Waals surface area (Å²) in [6.07, 6.45) is 5.41. The summed E-state index contributed by atoms with van der Waals surface area (Å²) in [6, 6.07) is 8.56. The first-order valence-corrected chi connectivity index (χ1v) is 12.1. The fourth-order valence-electron chi connectivity index (χ4n) is 4.52. The number of rotatable bonds is 5. The number of nitrogens with one attached hydrogen (secondary N) is 2. The second-order valence-electron chi connectivity index (χ2n) is 8.91. The zero-order chi connectivity index (χ0) is 24.8. The molecule has 1 aromatic carbocycles. The van der Waals surface area contributed by atoms with E-state index in [1.54, 1.807) is 17.0 Å². The average Bonchev–Trinajstić information content (AvgIpc) is 2.86. The number of ether oxygens (including phenoxy) is 2.